The van der Waals surface area contributed by atoms with Gasteiger partial charge in [-0.15, -0.1) is 11.3 Å². The molecule has 1 fully saturated rings. The SMILES string of the molecule is Cc1sc(C(=O)NN)cc1CN1CCC(CO)CC1. The molecule has 0 atom stereocenters. The van der Waals surface area contributed by atoms with E-state index in [-0.39, 0.29) is 5.91 Å². The standard InChI is InChI=1S/C13H21N3O2S/c1-9-11(6-12(19-9)13(18)15-14)7-16-4-2-10(8-17)3-5-16/h6,10,17H,2-5,7-8,14H2,1H3,(H,15,18). The number of hydrogen-bond donors (Lipinski definition) is 3. The van der Waals surface area contributed by atoms with Gasteiger partial charge in [-0.25, -0.2) is 5.84 Å². The number of aryl methyl sites for hydroxylation is 1. The van der Waals surface area contributed by atoms with E-state index in [0.717, 1.165) is 32.5 Å². The number of carbonyl (C=O) groups is 1. The summed E-state index contributed by atoms with van der Waals surface area (Å²) < 4.78 is 0. The molecule has 0 unspecified atom stereocenters. The predicted octanol–water partition coefficient (Wildman–Crippen LogP) is 0.864. The number of thiophene rings is 1. The van der Waals surface area contributed by atoms with Gasteiger partial charge in [0.15, 0.2) is 0 Å². The topological polar surface area (TPSA) is 78.6 Å². The molecule has 2 rings (SSSR count). The molecule has 1 aliphatic rings. The van der Waals surface area contributed by atoms with Crippen molar-refractivity contribution in [2.75, 3.05) is 19.7 Å². The number of amides is 1. The zero-order valence-electron chi connectivity index (χ0n) is 11.2. The van der Waals surface area contributed by atoms with E-state index in [0.29, 0.717) is 17.4 Å². The third kappa shape index (κ3) is 3.54. The molecular formula is C13H21N3O2S. The maximum absolute atomic E-state index is 11.5. The average Bonchev–Trinajstić information content (AvgIpc) is 2.80. The van der Waals surface area contributed by atoms with Crippen LogP contribution in [0.2, 0.25) is 0 Å². The van der Waals surface area contributed by atoms with E-state index in [4.69, 9.17) is 10.9 Å². The van der Waals surface area contributed by atoms with Crippen LogP contribution in [-0.2, 0) is 6.54 Å². The van der Waals surface area contributed by atoms with E-state index >= 15 is 0 Å². The van der Waals surface area contributed by atoms with Gasteiger partial charge in [-0.1, -0.05) is 0 Å². The van der Waals surface area contributed by atoms with Crippen molar-refractivity contribution in [3.8, 4) is 0 Å². The number of aliphatic hydroxyl groups excluding tert-OH is 1. The number of aliphatic hydroxyl groups is 1. The number of hydrazine groups is 1. The van der Waals surface area contributed by atoms with Gasteiger partial charge in [0.2, 0.25) is 0 Å². The lowest BCUT2D eigenvalue weighted by atomic mass is 9.97. The highest BCUT2D eigenvalue weighted by Crippen LogP contribution is 2.25. The highest BCUT2D eigenvalue weighted by Gasteiger charge is 2.20. The lowest BCUT2D eigenvalue weighted by Gasteiger charge is -2.30. The molecule has 1 aromatic rings. The molecule has 0 bridgehead atoms. The van der Waals surface area contributed by atoms with Crippen LogP contribution in [0.25, 0.3) is 0 Å². The van der Waals surface area contributed by atoms with E-state index < -0.39 is 0 Å². The molecule has 1 aliphatic heterocycles. The van der Waals surface area contributed by atoms with Gasteiger partial charge in [0.1, 0.15) is 0 Å². The molecule has 0 aromatic carbocycles. The Labute approximate surface area is 117 Å². The molecule has 0 radical (unpaired) electrons. The first kappa shape index (κ1) is 14.5. The van der Waals surface area contributed by atoms with Gasteiger partial charge in [-0.05, 0) is 50.4 Å². The van der Waals surface area contributed by atoms with Gasteiger partial charge in [-0.3, -0.25) is 15.1 Å². The van der Waals surface area contributed by atoms with Gasteiger partial charge in [0.25, 0.3) is 5.91 Å². The molecule has 0 saturated carbocycles. The fourth-order valence-corrected chi connectivity index (χ4v) is 3.37. The minimum atomic E-state index is -0.224. The Morgan fingerprint density at radius 3 is 2.84 bits per heavy atom. The van der Waals surface area contributed by atoms with Gasteiger partial charge in [0.05, 0.1) is 4.88 Å². The Kier molecular flexibility index (Phi) is 4.93. The maximum atomic E-state index is 11.5. The molecule has 0 spiro atoms. The van der Waals surface area contributed by atoms with Crippen LogP contribution in [0.4, 0.5) is 0 Å². The van der Waals surface area contributed by atoms with Crippen molar-refractivity contribution >= 4 is 17.2 Å². The summed E-state index contributed by atoms with van der Waals surface area (Å²) >= 11 is 1.48. The highest BCUT2D eigenvalue weighted by molar-refractivity contribution is 7.14. The Hall–Kier alpha value is -0.950. The summed E-state index contributed by atoms with van der Waals surface area (Å²) in [5, 5.41) is 9.13. The van der Waals surface area contributed by atoms with Crippen LogP contribution >= 0.6 is 11.3 Å². The van der Waals surface area contributed by atoms with Gasteiger partial charge in [-0.2, -0.15) is 0 Å². The lowest BCUT2D eigenvalue weighted by molar-refractivity contribution is 0.0957. The molecule has 6 heteroatoms. The molecule has 5 nitrogen and oxygen atoms in total. The second kappa shape index (κ2) is 6.47. The van der Waals surface area contributed by atoms with Crippen LogP contribution < -0.4 is 11.3 Å². The van der Waals surface area contributed by atoms with Crippen molar-refractivity contribution in [1.82, 2.24) is 10.3 Å². The third-order valence-corrected chi connectivity index (χ3v) is 4.83. The Balaban J connectivity index is 1.96. The number of piperidine rings is 1. The van der Waals surface area contributed by atoms with Crippen LogP contribution in [0, 0.1) is 12.8 Å². The van der Waals surface area contributed by atoms with E-state index in [1.54, 1.807) is 0 Å². The van der Waals surface area contributed by atoms with E-state index in [9.17, 15) is 4.79 Å². The molecular weight excluding hydrogens is 262 g/mol. The Bertz CT molecular complexity index is 439. The molecule has 1 saturated heterocycles. The zero-order valence-corrected chi connectivity index (χ0v) is 12.0. The largest absolute Gasteiger partial charge is 0.396 e. The molecule has 106 valence electrons. The average molecular weight is 283 g/mol. The molecule has 1 amide bonds. The molecule has 2 heterocycles. The minimum absolute atomic E-state index is 0.224. The smallest absolute Gasteiger partial charge is 0.275 e. The fourth-order valence-electron chi connectivity index (χ4n) is 2.43. The third-order valence-electron chi connectivity index (χ3n) is 3.73. The minimum Gasteiger partial charge on any atom is -0.396 e. The summed E-state index contributed by atoms with van der Waals surface area (Å²) in [4.78, 5) is 15.7. The maximum Gasteiger partial charge on any atom is 0.275 e. The van der Waals surface area contributed by atoms with Crippen LogP contribution in [0.1, 0.15) is 33.0 Å². The monoisotopic (exact) mass is 283 g/mol. The number of likely N-dealkylation sites (tertiary alicyclic amines) is 1. The van der Waals surface area contributed by atoms with E-state index in [1.165, 1.54) is 21.8 Å². The summed E-state index contributed by atoms with van der Waals surface area (Å²) in [5.74, 6) is 5.38. The van der Waals surface area contributed by atoms with Crippen molar-refractivity contribution in [3.05, 3.63) is 21.4 Å². The van der Waals surface area contributed by atoms with Crippen LogP contribution in [0.15, 0.2) is 6.07 Å². The Morgan fingerprint density at radius 1 is 1.58 bits per heavy atom. The summed E-state index contributed by atoms with van der Waals surface area (Å²) in [6.07, 6.45) is 2.10. The van der Waals surface area contributed by atoms with Gasteiger partial charge < -0.3 is 5.11 Å². The first-order valence-corrected chi connectivity index (χ1v) is 7.39. The number of nitrogens with two attached hydrogens (primary N) is 1. The summed E-state index contributed by atoms with van der Waals surface area (Å²) in [6.45, 7) is 5.23. The van der Waals surface area contributed by atoms with E-state index in [1.807, 2.05) is 13.0 Å². The number of nitrogens with zero attached hydrogens (tertiary/aromatic N) is 1. The normalized spacial score (nSPS) is 17.6. The van der Waals surface area contributed by atoms with Crippen molar-refractivity contribution in [2.45, 2.75) is 26.3 Å². The fraction of sp³-hybridized carbons (Fsp3) is 0.615. The van der Waals surface area contributed by atoms with Crippen LogP contribution in [0.3, 0.4) is 0 Å². The zero-order chi connectivity index (χ0) is 13.8. The van der Waals surface area contributed by atoms with Gasteiger partial charge >= 0.3 is 0 Å². The van der Waals surface area contributed by atoms with Crippen molar-refractivity contribution < 1.29 is 9.90 Å². The Morgan fingerprint density at radius 2 is 2.26 bits per heavy atom. The quantitative estimate of drug-likeness (QED) is 0.435. The summed E-state index contributed by atoms with van der Waals surface area (Å²) in [5.41, 5.74) is 3.37. The molecule has 1 aromatic heterocycles. The van der Waals surface area contributed by atoms with Crippen LogP contribution in [-0.4, -0.2) is 35.6 Å². The van der Waals surface area contributed by atoms with E-state index in [2.05, 4.69) is 10.3 Å². The number of nitrogens with one attached hydrogen (secondary N) is 1. The van der Waals surface area contributed by atoms with Crippen molar-refractivity contribution in [1.29, 1.82) is 0 Å². The molecule has 0 aliphatic carbocycles. The molecule has 19 heavy (non-hydrogen) atoms. The summed E-state index contributed by atoms with van der Waals surface area (Å²) in [7, 11) is 0. The number of nitrogen functional groups attached to an aromatic ring is 1. The second-order valence-electron chi connectivity index (χ2n) is 5.07. The highest BCUT2D eigenvalue weighted by atomic mass is 32.1. The number of rotatable bonds is 4. The van der Waals surface area contributed by atoms with Crippen molar-refractivity contribution in [2.24, 2.45) is 11.8 Å². The number of carbonyl (C=O) groups excluding carboxylic acids is 1. The first-order valence-electron chi connectivity index (χ1n) is 6.57. The second-order valence-corrected chi connectivity index (χ2v) is 6.32. The number of hydrogen-bond acceptors (Lipinski definition) is 5. The van der Waals surface area contributed by atoms with Gasteiger partial charge in [0, 0.05) is 18.0 Å². The van der Waals surface area contributed by atoms with Crippen molar-refractivity contribution in [3.63, 3.8) is 0 Å². The van der Waals surface area contributed by atoms with Crippen LogP contribution in [0.5, 0.6) is 0 Å². The predicted molar refractivity (Wildman–Crippen MR) is 75.8 cm³/mol. The summed E-state index contributed by atoms with van der Waals surface area (Å²) in [6, 6.07) is 1.93. The lowest BCUT2D eigenvalue weighted by Crippen LogP contribution is -2.34. The first-order chi connectivity index (χ1) is 9.13. The molecule has 4 N–H and O–H groups in total.